The molecule has 322 valence electrons. The number of ether oxygens (including phenoxy) is 2. The first-order valence-electron chi connectivity index (χ1n) is 18.2. The van der Waals surface area contributed by atoms with Crippen LogP contribution in [0.3, 0.4) is 0 Å². The Balaban J connectivity index is 1.08. The number of alkyl halides is 1. The van der Waals surface area contributed by atoms with Crippen LogP contribution in [-0.4, -0.2) is 119 Å². The van der Waals surface area contributed by atoms with Gasteiger partial charge in [0.05, 0.1) is 31.9 Å². The van der Waals surface area contributed by atoms with Crippen molar-refractivity contribution in [2.75, 3.05) is 32.1 Å². The zero-order valence-corrected chi connectivity index (χ0v) is 35.4. The monoisotopic (exact) mass is 907 g/mol. The van der Waals surface area contributed by atoms with Gasteiger partial charge in [-0.3, -0.25) is 23.2 Å². The lowest BCUT2D eigenvalue weighted by molar-refractivity contribution is -0.116. The molecular formula is C32H41F2N9O12P2S2. The van der Waals surface area contributed by atoms with E-state index in [0.29, 0.717) is 6.42 Å². The number of rotatable bonds is 7. The Bertz CT molecular complexity index is 2400. The average molecular weight is 908 g/mol. The number of anilines is 1. The number of aliphatic hydroxyl groups excluding tert-OH is 1. The highest BCUT2D eigenvalue weighted by Crippen LogP contribution is 2.61. The molecule has 0 aromatic carbocycles. The van der Waals surface area contributed by atoms with Crippen LogP contribution in [0.2, 0.25) is 0 Å². The van der Waals surface area contributed by atoms with Crippen molar-refractivity contribution >= 4 is 78.1 Å². The molecule has 2 amide bonds. The molecule has 3 N–H and O–H groups in total. The number of H-pyrrole nitrogens is 1. The third-order valence-electron chi connectivity index (χ3n) is 9.79. The third-order valence-corrected chi connectivity index (χ3v) is 13.0. The van der Waals surface area contributed by atoms with Crippen LogP contribution in [0.1, 0.15) is 52.3 Å². The Kier molecular flexibility index (Phi) is 12.4. The molecule has 4 aromatic heterocycles. The number of aromatic nitrogens is 7. The second kappa shape index (κ2) is 16.7. The molecule has 3 fully saturated rings. The molecule has 3 aliphatic rings. The molecule has 2 saturated heterocycles. The summed E-state index contributed by atoms with van der Waals surface area (Å²) in [5.74, 6) is -2.35. The quantitative estimate of drug-likeness (QED) is 0.128. The minimum Gasteiger partial charge on any atom is -0.444 e. The number of hydrogen-bond donors (Lipinski definition) is 5. The van der Waals surface area contributed by atoms with Gasteiger partial charge in [0.2, 0.25) is 5.91 Å². The zero-order valence-electron chi connectivity index (χ0n) is 31.8. The zero-order chi connectivity index (χ0) is 42.6. The van der Waals surface area contributed by atoms with E-state index in [0.717, 1.165) is 23.4 Å². The van der Waals surface area contributed by atoms with Gasteiger partial charge < -0.3 is 43.4 Å². The van der Waals surface area contributed by atoms with Gasteiger partial charge in [0.25, 0.3) is 5.56 Å². The number of halogens is 2. The number of imidazole rings is 1. The molecule has 1 aliphatic carbocycles. The lowest BCUT2D eigenvalue weighted by Gasteiger charge is -2.27. The van der Waals surface area contributed by atoms with Gasteiger partial charge in [-0.15, -0.1) is 0 Å². The second-order valence-electron chi connectivity index (χ2n) is 15.1. The largest absolute Gasteiger partial charge is 0.444 e. The Morgan fingerprint density at radius 2 is 1.80 bits per heavy atom. The number of hydrogen-bond acceptors (Lipinski definition) is 16. The van der Waals surface area contributed by atoms with Gasteiger partial charge in [0.15, 0.2) is 34.7 Å². The number of nitrogens with zero attached hydrogens (tertiary/aromatic N) is 7. The van der Waals surface area contributed by atoms with E-state index in [1.165, 1.54) is 15.8 Å². The summed E-state index contributed by atoms with van der Waals surface area (Å²) in [6, 6.07) is -1.10. The molecule has 2 bridgehead atoms. The van der Waals surface area contributed by atoms with Crippen molar-refractivity contribution in [1.82, 2.24) is 39.0 Å². The van der Waals surface area contributed by atoms with Crippen molar-refractivity contribution in [3.8, 4) is 0 Å². The first kappa shape index (κ1) is 43.6. The van der Waals surface area contributed by atoms with Crippen molar-refractivity contribution in [3.05, 3.63) is 41.3 Å². The molecule has 2 unspecified atom stereocenters. The molecular weight excluding hydrogens is 866 g/mol. The Morgan fingerprint density at radius 3 is 2.53 bits per heavy atom. The standard InChI is InChI=1S/C32H41F2N9O12P2S2/c1-32(2,3)53-31(47)41(4)7-5-6-19(44)40-26-22-28(37-12-35-26)43(14-39-22)17-8-15-10-50-56(48,58)55-25-23(45)18(11-51-57(49,59)54-24(15)21(17)34)52-30(25)42-9-16(33)20-27(42)36-13-38-29(20)46/h9,12-15,17-18,21,23-25,30,45H,5-8,10-11H2,1-4H3,(H,48,58)(H,49,59)(H,36,38,46)(H,35,37,40,44)/t15?,17-,18?,21+,23-,24-,25-,30-,56-,57-/m1/s1. The summed E-state index contributed by atoms with van der Waals surface area (Å²) in [6.07, 6.45) is -5.59. The normalized spacial score (nSPS) is 31.6. The van der Waals surface area contributed by atoms with E-state index in [1.807, 2.05) is 0 Å². The van der Waals surface area contributed by atoms with Crippen LogP contribution in [0.15, 0.2) is 30.0 Å². The van der Waals surface area contributed by atoms with Crippen molar-refractivity contribution < 1.29 is 60.2 Å². The molecule has 0 spiro atoms. The summed E-state index contributed by atoms with van der Waals surface area (Å²) in [5, 5.41) is 13.5. The highest BCUT2D eigenvalue weighted by atomic mass is 32.7. The van der Waals surface area contributed by atoms with Gasteiger partial charge in [-0.25, -0.2) is 42.6 Å². The number of fused-ring (bicyclic) bond motifs is 5. The van der Waals surface area contributed by atoms with Crippen LogP contribution >= 0.6 is 38.1 Å². The number of nitrogens with one attached hydrogen (secondary N) is 2. The molecule has 2 aliphatic heterocycles. The average Bonchev–Trinajstić information content (AvgIpc) is 3.89. The van der Waals surface area contributed by atoms with E-state index < -0.39 is 110 Å². The summed E-state index contributed by atoms with van der Waals surface area (Å²) in [7, 11) is 1.56. The molecule has 27 heteroatoms. The van der Waals surface area contributed by atoms with Crippen molar-refractivity contribution in [3.63, 3.8) is 0 Å². The SMILES string of the molecule is CN(CCCC(=O)Nc1ncnc2c1ncn2[C@@H]1CC2CO[P@@](=O)(S)O[C@@H]3[C@H](O)C(CO[P@@](=O)(S)O[C@H]2[C@H]1F)O[C@H]3n1cc(F)c2c(=O)[nH]cnc21)C(=O)OC(C)(C)C. The first-order chi connectivity index (χ1) is 27.7. The van der Waals surface area contributed by atoms with E-state index >= 15 is 4.39 Å². The van der Waals surface area contributed by atoms with Gasteiger partial charge >= 0.3 is 19.7 Å². The van der Waals surface area contributed by atoms with Crippen molar-refractivity contribution in [2.45, 2.75) is 88.5 Å². The fourth-order valence-electron chi connectivity index (χ4n) is 7.08. The van der Waals surface area contributed by atoms with Crippen LogP contribution in [-0.2, 0) is 41.5 Å². The second-order valence-corrected chi connectivity index (χ2v) is 20.9. The molecule has 4 aromatic rings. The van der Waals surface area contributed by atoms with Gasteiger partial charge in [0.1, 0.15) is 47.9 Å². The lowest BCUT2D eigenvalue weighted by atomic mass is 10.1. The van der Waals surface area contributed by atoms with Crippen molar-refractivity contribution in [1.29, 1.82) is 0 Å². The number of amides is 2. The van der Waals surface area contributed by atoms with Crippen LogP contribution in [0, 0.1) is 11.7 Å². The fraction of sp³-hybridized carbons (Fsp3) is 0.594. The first-order valence-corrected chi connectivity index (χ1v) is 23.6. The van der Waals surface area contributed by atoms with E-state index in [9.17, 15) is 33.0 Å². The maximum absolute atomic E-state index is 16.6. The minimum absolute atomic E-state index is 0.0210. The van der Waals surface area contributed by atoms with Crippen LogP contribution in [0.5, 0.6) is 0 Å². The smallest absolute Gasteiger partial charge is 0.410 e. The molecule has 7 rings (SSSR count). The number of carbonyl (C=O) groups is 2. The Morgan fingerprint density at radius 1 is 1.08 bits per heavy atom. The minimum atomic E-state index is -4.48. The number of aliphatic hydroxyl groups is 1. The number of carbonyl (C=O) groups excluding carboxylic acids is 2. The number of aromatic amines is 1. The van der Waals surface area contributed by atoms with Crippen LogP contribution in [0.4, 0.5) is 19.4 Å². The summed E-state index contributed by atoms with van der Waals surface area (Å²) in [6.45, 7) is -4.68. The van der Waals surface area contributed by atoms with Crippen LogP contribution < -0.4 is 10.9 Å². The van der Waals surface area contributed by atoms with Gasteiger partial charge in [-0.2, -0.15) is 0 Å². The highest BCUT2D eigenvalue weighted by molar-refractivity contribution is 8.44. The predicted molar refractivity (Wildman–Crippen MR) is 209 cm³/mol. The van der Waals surface area contributed by atoms with E-state index in [4.69, 9.17) is 27.6 Å². The lowest BCUT2D eigenvalue weighted by Crippen LogP contribution is -2.35. The summed E-state index contributed by atoms with van der Waals surface area (Å²) >= 11 is 8.17. The molecule has 21 nitrogen and oxygen atoms in total. The van der Waals surface area contributed by atoms with Crippen molar-refractivity contribution in [2.24, 2.45) is 5.92 Å². The molecule has 1 saturated carbocycles. The van der Waals surface area contributed by atoms with E-state index in [1.54, 1.807) is 27.8 Å². The van der Waals surface area contributed by atoms with Gasteiger partial charge in [0, 0.05) is 32.1 Å². The van der Waals surface area contributed by atoms with Gasteiger partial charge in [-0.1, -0.05) is 24.5 Å². The van der Waals surface area contributed by atoms with E-state index in [-0.39, 0.29) is 42.0 Å². The predicted octanol–water partition coefficient (Wildman–Crippen LogP) is 4.34. The van der Waals surface area contributed by atoms with E-state index in [2.05, 4.69) is 54.7 Å². The molecule has 0 radical (unpaired) electrons. The van der Waals surface area contributed by atoms with Crippen LogP contribution in [0.25, 0.3) is 22.2 Å². The highest BCUT2D eigenvalue weighted by Gasteiger charge is 2.53. The summed E-state index contributed by atoms with van der Waals surface area (Å²) in [4.78, 5) is 57.8. The summed E-state index contributed by atoms with van der Waals surface area (Å²) < 4.78 is 95.0. The molecule has 59 heavy (non-hydrogen) atoms. The summed E-state index contributed by atoms with van der Waals surface area (Å²) in [5.41, 5.74) is -1.40. The Labute approximate surface area is 344 Å². The molecule has 10 atom stereocenters. The number of thiol groups is 2. The molecule has 6 heterocycles. The fourth-order valence-corrected chi connectivity index (χ4v) is 10.1. The Hall–Kier alpha value is -3.51. The maximum atomic E-state index is 16.6. The third kappa shape index (κ3) is 9.38. The topological polar surface area (TPSA) is 253 Å². The maximum Gasteiger partial charge on any atom is 0.410 e. The van der Waals surface area contributed by atoms with Gasteiger partial charge in [-0.05, 0) is 33.6 Å².